The number of amides is 1. The fourth-order valence-electron chi connectivity index (χ4n) is 3.56. The van der Waals surface area contributed by atoms with Gasteiger partial charge in [0.2, 0.25) is 0 Å². The standard InChI is InChI=1S/C23H21N3O2/c1-17-21(23(27)25(24-17)19-13-7-3-8-14-19)22(18-11-5-2-6-12-18)26(28)20-15-9-4-10-16-20/h2-16,21-22,28H,1H3/t21-,22+/m0/s1. The zero-order chi connectivity index (χ0) is 19.5. The summed E-state index contributed by atoms with van der Waals surface area (Å²) in [5.74, 6) is -0.764. The van der Waals surface area contributed by atoms with Crippen LogP contribution in [0.1, 0.15) is 18.5 Å². The molecule has 5 heteroatoms. The van der Waals surface area contributed by atoms with E-state index in [4.69, 9.17) is 0 Å². The number of hydrogen-bond donors (Lipinski definition) is 1. The van der Waals surface area contributed by atoms with Crippen LogP contribution in [0.15, 0.2) is 96.1 Å². The quantitative estimate of drug-likeness (QED) is 0.664. The molecule has 0 fully saturated rings. The summed E-state index contributed by atoms with van der Waals surface area (Å²) < 4.78 is 0. The summed E-state index contributed by atoms with van der Waals surface area (Å²) in [4.78, 5) is 13.3. The predicted octanol–water partition coefficient (Wildman–Crippen LogP) is 4.66. The van der Waals surface area contributed by atoms with E-state index in [0.29, 0.717) is 17.1 Å². The summed E-state index contributed by atoms with van der Waals surface area (Å²) in [6, 6.07) is 27.5. The van der Waals surface area contributed by atoms with Gasteiger partial charge in [0, 0.05) is 0 Å². The zero-order valence-corrected chi connectivity index (χ0v) is 15.5. The van der Waals surface area contributed by atoms with Crippen molar-refractivity contribution < 1.29 is 10.0 Å². The SMILES string of the molecule is CC1=NN(c2ccccc2)C(=O)[C@@H]1[C@@H](c1ccccc1)N(O)c1ccccc1. The molecule has 0 aromatic heterocycles. The van der Waals surface area contributed by atoms with E-state index in [9.17, 15) is 10.0 Å². The van der Waals surface area contributed by atoms with E-state index in [1.165, 1.54) is 10.1 Å². The first-order valence-electron chi connectivity index (χ1n) is 9.19. The van der Waals surface area contributed by atoms with Gasteiger partial charge in [-0.25, -0.2) is 10.1 Å². The number of hydrogen-bond acceptors (Lipinski definition) is 4. The Morgan fingerprint density at radius 1 is 0.893 bits per heavy atom. The molecule has 28 heavy (non-hydrogen) atoms. The van der Waals surface area contributed by atoms with E-state index in [0.717, 1.165) is 5.56 Å². The Balaban J connectivity index is 1.75. The van der Waals surface area contributed by atoms with Crippen LogP contribution in [0.4, 0.5) is 11.4 Å². The lowest BCUT2D eigenvalue weighted by atomic mass is 9.88. The second-order valence-electron chi connectivity index (χ2n) is 6.74. The smallest absolute Gasteiger partial charge is 0.258 e. The molecule has 1 aliphatic heterocycles. The maximum Gasteiger partial charge on any atom is 0.258 e. The fraction of sp³-hybridized carbons (Fsp3) is 0.130. The van der Waals surface area contributed by atoms with E-state index >= 15 is 0 Å². The van der Waals surface area contributed by atoms with Gasteiger partial charge in [0.15, 0.2) is 0 Å². The molecular formula is C23H21N3O2. The van der Waals surface area contributed by atoms with E-state index in [-0.39, 0.29) is 5.91 Å². The average molecular weight is 371 g/mol. The molecule has 3 aromatic carbocycles. The monoisotopic (exact) mass is 371 g/mol. The van der Waals surface area contributed by atoms with Crippen molar-refractivity contribution >= 4 is 23.0 Å². The molecule has 2 atom stereocenters. The van der Waals surface area contributed by atoms with Crippen molar-refractivity contribution in [1.29, 1.82) is 0 Å². The number of carbonyl (C=O) groups is 1. The molecule has 0 spiro atoms. The number of anilines is 2. The summed E-state index contributed by atoms with van der Waals surface area (Å²) in [6.45, 7) is 1.83. The maximum absolute atomic E-state index is 13.3. The average Bonchev–Trinajstić information content (AvgIpc) is 3.05. The minimum absolute atomic E-state index is 0.160. The van der Waals surface area contributed by atoms with Crippen LogP contribution in [-0.2, 0) is 4.79 Å². The molecule has 0 saturated heterocycles. The number of hydroxylamine groups is 1. The highest BCUT2D eigenvalue weighted by atomic mass is 16.5. The third-order valence-corrected chi connectivity index (χ3v) is 4.92. The van der Waals surface area contributed by atoms with Crippen molar-refractivity contribution in [3.05, 3.63) is 96.6 Å². The minimum atomic E-state index is -0.604. The normalized spacial score (nSPS) is 17.4. The highest BCUT2D eigenvalue weighted by molar-refractivity contribution is 6.15. The summed E-state index contributed by atoms with van der Waals surface area (Å²) in [6.07, 6.45) is 0. The van der Waals surface area contributed by atoms with E-state index in [2.05, 4.69) is 5.10 Å². The van der Waals surface area contributed by atoms with Gasteiger partial charge in [0.1, 0.15) is 5.92 Å². The van der Waals surface area contributed by atoms with Crippen molar-refractivity contribution in [2.24, 2.45) is 11.0 Å². The predicted molar refractivity (Wildman–Crippen MR) is 110 cm³/mol. The molecule has 0 saturated carbocycles. The molecule has 1 amide bonds. The van der Waals surface area contributed by atoms with Crippen molar-refractivity contribution in [2.75, 3.05) is 10.1 Å². The molecule has 0 unspecified atom stereocenters. The summed E-state index contributed by atoms with van der Waals surface area (Å²) in [7, 11) is 0. The van der Waals surface area contributed by atoms with Crippen molar-refractivity contribution in [3.8, 4) is 0 Å². The van der Waals surface area contributed by atoms with E-state index in [1.807, 2.05) is 97.9 Å². The fourth-order valence-corrected chi connectivity index (χ4v) is 3.56. The molecule has 140 valence electrons. The second-order valence-corrected chi connectivity index (χ2v) is 6.74. The van der Waals surface area contributed by atoms with Crippen LogP contribution in [0.25, 0.3) is 0 Å². The lowest BCUT2D eigenvalue weighted by molar-refractivity contribution is -0.120. The lowest BCUT2D eigenvalue weighted by Gasteiger charge is -2.32. The number of rotatable bonds is 5. The van der Waals surface area contributed by atoms with Crippen molar-refractivity contribution in [1.82, 2.24) is 0 Å². The van der Waals surface area contributed by atoms with Gasteiger partial charge in [0.25, 0.3) is 5.91 Å². The summed E-state index contributed by atoms with van der Waals surface area (Å²) in [5.41, 5.74) is 2.84. The molecule has 0 bridgehead atoms. The van der Waals surface area contributed by atoms with Gasteiger partial charge in [0.05, 0.1) is 23.1 Å². The first-order chi connectivity index (χ1) is 13.7. The van der Waals surface area contributed by atoms with Crippen molar-refractivity contribution in [2.45, 2.75) is 13.0 Å². The van der Waals surface area contributed by atoms with Gasteiger partial charge in [-0.1, -0.05) is 66.7 Å². The van der Waals surface area contributed by atoms with Crippen LogP contribution < -0.4 is 10.1 Å². The van der Waals surface area contributed by atoms with Crippen LogP contribution >= 0.6 is 0 Å². The first kappa shape index (κ1) is 17.9. The molecule has 0 radical (unpaired) electrons. The highest BCUT2D eigenvalue weighted by Gasteiger charge is 2.43. The molecule has 1 heterocycles. The van der Waals surface area contributed by atoms with Gasteiger partial charge in [-0.05, 0) is 36.8 Å². The second kappa shape index (κ2) is 7.66. The van der Waals surface area contributed by atoms with Gasteiger partial charge in [-0.15, -0.1) is 0 Å². The molecule has 1 N–H and O–H groups in total. The van der Waals surface area contributed by atoms with Crippen LogP contribution in [-0.4, -0.2) is 16.8 Å². The minimum Gasteiger partial charge on any atom is -0.288 e. The highest BCUT2D eigenvalue weighted by Crippen LogP contribution is 2.37. The number of nitrogens with zero attached hydrogens (tertiary/aromatic N) is 3. The Hall–Kier alpha value is -3.44. The van der Waals surface area contributed by atoms with Gasteiger partial charge < -0.3 is 0 Å². The zero-order valence-electron chi connectivity index (χ0n) is 15.5. The van der Waals surface area contributed by atoms with Crippen LogP contribution in [0.2, 0.25) is 0 Å². The van der Waals surface area contributed by atoms with Gasteiger partial charge in [-0.3, -0.25) is 10.0 Å². The Bertz CT molecular complexity index is 975. The molecular weight excluding hydrogens is 350 g/mol. The third kappa shape index (κ3) is 3.28. The summed E-state index contributed by atoms with van der Waals surface area (Å²) in [5, 5.41) is 18.2. The Labute approximate surface area is 164 Å². The summed E-state index contributed by atoms with van der Waals surface area (Å²) >= 11 is 0. The van der Waals surface area contributed by atoms with Crippen LogP contribution in [0.3, 0.4) is 0 Å². The number of carbonyl (C=O) groups excluding carboxylic acids is 1. The topological polar surface area (TPSA) is 56.1 Å². The number of para-hydroxylation sites is 2. The first-order valence-corrected chi connectivity index (χ1v) is 9.19. The molecule has 5 nitrogen and oxygen atoms in total. The molecule has 3 aromatic rings. The number of hydrazone groups is 1. The molecule has 0 aliphatic carbocycles. The van der Waals surface area contributed by atoms with Gasteiger partial charge in [-0.2, -0.15) is 5.10 Å². The molecule has 4 rings (SSSR count). The Morgan fingerprint density at radius 3 is 2.04 bits per heavy atom. The van der Waals surface area contributed by atoms with Crippen LogP contribution in [0.5, 0.6) is 0 Å². The van der Waals surface area contributed by atoms with E-state index < -0.39 is 12.0 Å². The van der Waals surface area contributed by atoms with Crippen molar-refractivity contribution in [3.63, 3.8) is 0 Å². The van der Waals surface area contributed by atoms with E-state index in [1.54, 1.807) is 0 Å². The maximum atomic E-state index is 13.3. The largest absolute Gasteiger partial charge is 0.288 e. The molecule has 1 aliphatic rings. The third-order valence-electron chi connectivity index (χ3n) is 4.92. The van der Waals surface area contributed by atoms with Gasteiger partial charge >= 0.3 is 0 Å². The number of benzene rings is 3. The lowest BCUT2D eigenvalue weighted by Crippen LogP contribution is -2.39. The Kier molecular flexibility index (Phi) is 4.91. The van der Waals surface area contributed by atoms with Crippen LogP contribution in [0, 0.1) is 5.92 Å². The Morgan fingerprint density at radius 2 is 1.43 bits per heavy atom.